The zero-order valence-corrected chi connectivity index (χ0v) is 10.4. The van der Waals surface area contributed by atoms with Crippen molar-refractivity contribution in [3.05, 3.63) is 23.8 Å². The van der Waals surface area contributed by atoms with Gasteiger partial charge < -0.3 is 10.2 Å². The van der Waals surface area contributed by atoms with Crippen LogP contribution in [-0.4, -0.2) is 31.5 Å². The monoisotopic (exact) mass is 244 g/mol. The normalized spacial score (nSPS) is 12.8. The lowest BCUT2D eigenvalue weighted by Gasteiger charge is -2.23. The third-order valence-electron chi connectivity index (χ3n) is 2.52. The van der Waals surface area contributed by atoms with Gasteiger partial charge in [-0.25, -0.2) is 8.42 Å². The van der Waals surface area contributed by atoms with Crippen LogP contribution in [0.2, 0.25) is 0 Å². The molecule has 2 N–H and O–H groups in total. The van der Waals surface area contributed by atoms with Crippen LogP contribution in [0.4, 0.5) is 0 Å². The molecule has 0 unspecified atom stereocenters. The van der Waals surface area contributed by atoms with Gasteiger partial charge in [-0.15, -0.1) is 0 Å². The van der Waals surface area contributed by atoms with Gasteiger partial charge in [-0.1, -0.05) is 19.9 Å². The van der Waals surface area contributed by atoms with Crippen LogP contribution in [0, 0.1) is 0 Å². The largest absolute Gasteiger partial charge is 0.508 e. The molecule has 4 nitrogen and oxygen atoms in total. The minimum absolute atomic E-state index is 0.0717. The maximum Gasteiger partial charge on any atom is 0.175 e. The summed E-state index contributed by atoms with van der Waals surface area (Å²) in [6, 6.07) is 4.17. The van der Waals surface area contributed by atoms with Crippen molar-refractivity contribution in [3.63, 3.8) is 0 Å². The molecular formula is C11H16O4S. The van der Waals surface area contributed by atoms with Crippen molar-refractivity contribution in [2.45, 2.75) is 24.2 Å². The van der Waals surface area contributed by atoms with E-state index < -0.39 is 15.3 Å². The molecule has 16 heavy (non-hydrogen) atoms. The van der Waals surface area contributed by atoms with Crippen molar-refractivity contribution in [2.75, 3.05) is 12.9 Å². The first kappa shape index (κ1) is 13.0. The first-order valence-corrected chi connectivity index (χ1v) is 6.72. The van der Waals surface area contributed by atoms with E-state index in [-0.39, 0.29) is 17.3 Å². The summed E-state index contributed by atoms with van der Waals surface area (Å²) in [7, 11) is -3.32. The van der Waals surface area contributed by atoms with Crippen molar-refractivity contribution >= 4 is 9.84 Å². The summed E-state index contributed by atoms with van der Waals surface area (Å²) >= 11 is 0. The predicted octanol–water partition coefficient (Wildman–Crippen LogP) is 1.07. The molecule has 1 aromatic rings. The fourth-order valence-electron chi connectivity index (χ4n) is 1.40. The molecule has 90 valence electrons. The molecule has 0 aromatic heterocycles. The van der Waals surface area contributed by atoms with Gasteiger partial charge in [0.25, 0.3) is 0 Å². The first-order chi connectivity index (χ1) is 7.18. The van der Waals surface area contributed by atoms with Crippen LogP contribution >= 0.6 is 0 Å². The summed E-state index contributed by atoms with van der Waals surface area (Å²) in [5, 5.41) is 18.9. The Labute approximate surface area is 95.5 Å². The van der Waals surface area contributed by atoms with Gasteiger partial charge in [0.2, 0.25) is 0 Å². The molecule has 0 saturated heterocycles. The van der Waals surface area contributed by atoms with Crippen LogP contribution in [-0.2, 0) is 15.3 Å². The van der Waals surface area contributed by atoms with E-state index in [2.05, 4.69) is 0 Å². The van der Waals surface area contributed by atoms with Crippen LogP contribution in [0.15, 0.2) is 23.1 Å². The second-order valence-corrected chi connectivity index (χ2v) is 6.51. The second kappa shape index (κ2) is 4.07. The smallest absolute Gasteiger partial charge is 0.175 e. The van der Waals surface area contributed by atoms with Gasteiger partial charge in [0, 0.05) is 17.2 Å². The molecule has 1 rings (SSSR count). The van der Waals surface area contributed by atoms with E-state index in [1.165, 1.54) is 18.2 Å². The first-order valence-electron chi connectivity index (χ1n) is 4.83. The molecule has 0 radical (unpaired) electrons. The number of hydrogen-bond donors (Lipinski definition) is 2. The SMILES string of the molecule is CC(C)(CO)c1ccc(S(C)(=O)=O)cc1O. The summed E-state index contributed by atoms with van der Waals surface area (Å²) in [5.74, 6) is -0.109. The lowest BCUT2D eigenvalue weighted by Crippen LogP contribution is -2.22. The van der Waals surface area contributed by atoms with Gasteiger partial charge in [-0.3, -0.25) is 0 Å². The number of aromatic hydroxyl groups is 1. The summed E-state index contributed by atoms with van der Waals surface area (Å²) in [4.78, 5) is 0.0717. The highest BCUT2D eigenvalue weighted by atomic mass is 32.2. The lowest BCUT2D eigenvalue weighted by atomic mass is 9.85. The molecule has 5 heteroatoms. The number of benzene rings is 1. The van der Waals surface area contributed by atoms with E-state index in [0.29, 0.717) is 5.56 Å². The van der Waals surface area contributed by atoms with Crippen LogP contribution in [0.5, 0.6) is 5.75 Å². The number of aliphatic hydroxyl groups excluding tert-OH is 1. The molecule has 0 bridgehead atoms. The average Bonchev–Trinajstić information content (AvgIpc) is 2.16. The maximum atomic E-state index is 11.3. The van der Waals surface area contributed by atoms with E-state index in [1.807, 2.05) is 0 Å². The van der Waals surface area contributed by atoms with E-state index in [0.717, 1.165) is 6.26 Å². The number of phenolic OH excluding ortho intramolecular Hbond substituents is 1. The number of rotatable bonds is 3. The highest BCUT2D eigenvalue weighted by molar-refractivity contribution is 7.90. The summed E-state index contributed by atoms with van der Waals surface area (Å²) in [6.07, 6.45) is 1.08. The molecular weight excluding hydrogens is 228 g/mol. The van der Waals surface area contributed by atoms with Crippen molar-refractivity contribution < 1.29 is 18.6 Å². The zero-order chi connectivity index (χ0) is 12.6. The number of phenols is 1. The number of hydrogen-bond acceptors (Lipinski definition) is 4. The Morgan fingerprint density at radius 2 is 1.88 bits per heavy atom. The Bertz CT molecular complexity index is 489. The number of sulfone groups is 1. The van der Waals surface area contributed by atoms with Gasteiger partial charge in [-0.05, 0) is 12.1 Å². The molecule has 1 aromatic carbocycles. The molecule has 0 aliphatic heterocycles. The summed E-state index contributed by atoms with van der Waals surface area (Å²) in [5.41, 5.74) is -0.0671. The quantitative estimate of drug-likeness (QED) is 0.834. The van der Waals surface area contributed by atoms with Crippen molar-refractivity contribution in [3.8, 4) is 5.75 Å². The second-order valence-electron chi connectivity index (χ2n) is 4.49. The van der Waals surface area contributed by atoms with Gasteiger partial charge in [0.05, 0.1) is 11.5 Å². The highest BCUT2D eigenvalue weighted by Gasteiger charge is 2.23. The minimum atomic E-state index is -3.32. The van der Waals surface area contributed by atoms with E-state index in [4.69, 9.17) is 0 Å². The van der Waals surface area contributed by atoms with Gasteiger partial charge in [0.15, 0.2) is 9.84 Å². The predicted molar refractivity (Wildman–Crippen MR) is 61.3 cm³/mol. The van der Waals surface area contributed by atoms with Crippen molar-refractivity contribution in [1.29, 1.82) is 0 Å². The van der Waals surface area contributed by atoms with Gasteiger partial charge >= 0.3 is 0 Å². The Balaban J connectivity index is 3.31. The van der Waals surface area contributed by atoms with E-state index >= 15 is 0 Å². The zero-order valence-electron chi connectivity index (χ0n) is 9.56. The third kappa shape index (κ3) is 2.54. The van der Waals surface area contributed by atoms with Crippen molar-refractivity contribution in [2.24, 2.45) is 0 Å². The van der Waals surface area contributed by atoms with E-state index in [1.54, 1.807) is 13.8 Å². The van der Waals surface area contributed by atoms with Crippen LogP contribution in [0.3, 0.4) is 0 Å². The van der Waals surface area contributed by atoms with Gasteiger partial charge in [0.1, 0.15) is 5.75 Å². The molecule has 0 saturated carbocycles. The molecule has 0 aliphatic carbocycles. The third-order valence-corrected chi connectivity index (χ3v) is 3.63. The fraction of sp³-hybridized carbons (Fsp3) is 0.455. The number of aliphatic hydroxyl groups is 1. The summed E-state index contributed by atoms with van der Waals surface area (Å²) in [6.45, 7) is 3.41. The minimum Gasteiger partial charge on any atom is -0.508 e. The topological polar surface area (TPSA) is 74.6 Å². The van der Waals surface area contributed by atoms with Crippen LogP contribution < -0.4 is 0 Å². The fourth-order valence-corrected chi connectivity index (χ4v) is 2.04. The molecule has 0 aliphatic rings. The summed E-state index contributed by atoms with van der Waals surface area (Å²) < 4.78 is 22.5. The molecule has 0 fully saturated rings. The Morgan fingerprint density at radius 3 is 2.25 bits per heavy atom. The highest BCUT2D eigenvalue weighted by Crippen LogP contribution is 2.32. The molecule has 0 heterocycles. The standard InChI is InChI=1S/C11H16O4S/c1-11(2,7-12)9-5-4-8(6-10(9)13)16(3,14)15/h4-6,12-13H,7H2,1-3H3. The van der Waals surface area contributed by atoms with Gasteiger partial charge in [-0.2, -0.15) is 0 Å². The lowest BCUT2D eigenvalue weighted by molar-refractivity contribution is 0.215. The molecule has 0 amide bonds. The Kier molecular flexibility index (Phi) is 3.30. The molecule has 0 atom stereocenters. The van der Waals surface area contributed by atoms with E-state index in [9.17, 15) is 18.6 Å². The maximum absolute atomic E-state index is 11.3. The van der Waals surface area contributed by atoms with Crippen LogP contribution in [0.1, 0.15) is 19.4 Å². The Morgan fingerprint density at radius 1 is 1.31 bits per heavy atom. The van der Waals surface area contributed by atoms with Crippen molar-refractivity contribution in [1.82, 2.24) is 0 Å². The average molecular weight is 244 g/mol. The Hall–Kier alpha value is -1.07. The van der Waals surface area contributed by atoms with Crippen LogP contribution in [0.25, 0.3) is 0 Å². The molecule has 0 spiro atoms.